The van der Waals surface area contributed by atoms with E-state index in [1.807, 2.05) is 36.1 Å². The Kier molecular flexibility index (Phi) is 6.50. The summed E-state index contributed by atoms with van der Waals surface area (Å²) in [5.41, 5.74) is 1.48. The van der Waals surface area contributed by atoms with Gasteiger partial charge in [0.05, 0.1) is 0 Å². The molecule has 0 aliphatic carbocycles. The Labute approximate surface area is 181 Å². The number of halogens is 1. The van der Waals surface area contributed by atoms with Gasteiger partial charge in [0.2, 0.25) is 5.91 Å². The molecule has 0 bridgehead atoms. The number of carbonyl (C=O) groups is 1. The van der Waals surface area contributed by atoms with E-state index in [1.165, 1.54) is 6.07 Å². The maximum atomic E-state index is 13.8. The lowest BCUT2D eigenvalue weighted by atomic mass is 9.95. The minimum absolute atomic E-state index is 0.0735. The van der Waals surface area contributed by atoms with Gasteiger partial charge in [0.1, 0.15) is 23.3 Å². The largest absolute Gasteiger partial charge is 0.343 e. The highest BCUT2D eigenvalue weighted by Crippen LogP contribution is 2.27. The van der Waals surface area contributed by atoms with Gasteiger partial charge < -0.3 is 10.2 Å². The minimum Gasteiger partial charge on any atom is -0.343 e. The van der Waals surface area contributed by atoms with E-state index in [1.54, 1.807) is 24.4 Å². The van der Waals surface area contributed by atoms with Gasteiger partial charge in [-0.1, -0.05) is 24.3 Å². The minimum atomic E-state index is -0.249. The molecule has 3 aromatic rings. The number of carbonyl (C=O) groups excluding carboxylic acids is 1. The molecule has 4 rings (SSSR count). The van der Waals surface area contributed by atoms with E-state index in [0.717, 1.165) is 36.0 Å². The van der Waals surface area contributed by atoms with Crippen LogP contribution in [0.25, 0.3) is 0 Å². The van der Waals surface area contributed by atoms with Gasteiger partial charge in [0.15, 0.2) is 0 Å². The first-order valence-electron chi connectivity index (χ1n) is 10.6. The second kappa shape index (κ2) is 9.64. The third-order valence-corrected chi connectivity index (χ3v) is 5.57. The van der Waals surface area contributed by atoms with Gasteiger partial charge in [-0.25, -0.2) is 19.3 Å². The third kappa shape index (κ3) is 5.42. The van der Waals surface area contributed by atoms with Crippen molar-refractivity contribution in [2.45, 2.75) is 38.5 Å². The van der Waals surface area contributed by atoms with Crippen molar-refractivity contribution in [2.75, 3.05) is 18.4 Å². The van der Waals surface area contributed by atoms with Gasteiger partial charge in [-0.2, -0.15) is 0 Å². The zero-order valence-corrected chi connectivity index (χ0v) is 17.6. The predicted octanol–water partition coefficient (Wildman–Crippen LogP) is 4.40. The molecule has 0 radical (unpaired) electrons. The van der Waals surface area contributed by atoms with Crippen LogP contribution in [-0.4, -0.2) is 38.8 Å². The van der Waals surface area contributed by atoms with Crippen molar-refractivity contribution < 1.29 is 9.18 Å². The molecule has 160 valence electrons. The van der Waals surface area contributed by atoms with Crippen molar-refractivity contribution in [3.63, 3.8) is 0 Å². The summed E-state index contributed by atoms with van der Waals surface area (Å²) < 4.78 is 13.8. The number of aryl methyl sites for hydroxylation is 2. The highest BCUT2D eigenvalue weighted by atomic mass is 19.1. The third-order valence-electron chi connectivity index (χ3n) is 5.57. The smallest absolute Gasteiger partial charge is 0.222 e. The summed E-state index contributed by atoms with van der Waals surface area (Å²) in [7, 11) is 0. The van der Waals surface area contributed by atoms with Gasteiger partial charge >= 0.3 is 0 Å². The average Bonchev–Trinajstić information content (AvgIpc) is 2.79. The van der Waals surface area contributed by atoms with Gasteiger partial charge in [-0.05, 0) is 49.9 Å². The number of pyridine rings is 1. The molecule has 0 atom stereocenters. The molecule has 1 aromatic carbocycles. The molecular formula is C24H26FN5O. The number of benzene rings is 1. The fourth-order valence-electron chi connectivity index (χ4n) is 3.89. The summed E-state index contributed by atoms with van der Waals surface area (Å²) in [6.45, 7) is 3.29. The number of amides is 1. The molecule has 3 heterocycles. The van der Waals surface area contributed by atoms with Gasteiger partial charge in [-0.15, -0.1) is 0 Å². The highest BCUT2D eigenvalue weighted by Gasteiger charge is 2.26. The number of rotatable bonds is 6. The molecule has 2 aromatic heterocycles. The van der Waals surface area contributed by atoms with E-state index in [-0.39, 0.29) is 17.6 Å². The number of nitrogens with one attached hydrogen (secondary N) is 1. The van der Waals surface area contributed by atoms with Crippen LogP contribution in [0.4, 0.5) is 16.0 Å². The lowest BCUT2D eigenvalue weighted by molar-refractivity contribution is -0.132. The maximum Gasteiger partial charge on any atom is 0.222 e. The van der Waals surface area contributed by atoms with E-state index in [9.17, 15) is 9.18 Å². The van der Waals surface area contributed by atoms with Crippen LogP contribution < -0.4 is 5.32 Å². The van der Waals surface area contributed by atoms with Crippen molar-refractivity contribution in [1.29, 1.82) is 0 Å². The Hall–Kier alpha value is -3.35. The first-order chi connectivity index (χ1) is 15.1. The Bertz CT molecular complexity index is 1040. The van der Waals surface area contributed by atoms with Crippen LogP contribution in [-0.2, 0) is 11.2 Å². The zero-order chi connectivity index (χ0) is 21.6. The van der Waals surface area contributed by atoms with E-state index in [4.69, 9.17) is 4.98 Å². The summed E-state index contributed by atoms with van der Waals surface area (Å²) in [4.78, 5) is 28.1. The summed E-state index contributed by atoms with van der Waals surface area (Å²) in [5.74, 6) is 2.30. The van der Waals surface area contributed by atoms with E-state index in [0.29, 0.717) is 31.5 Å². The van der Waals surface area contributed by atoms with Crippen molar-refractivity contribution >= 4 is 17.5 Å². The number of hydrogen-bond acceptors (Lipinski definition) is 5. The maximum absolute atomic E-state index is 13.8. The molecule has 1 amide bonds. The standard InChI is InChI=1S/C24H26FN5O/c1-17-16-22(28-21-8-4-5-13-26-21)29-24(27-17)19-11-14-30(15-12-19)23(31)10-9-18-6-2-3-7-20(18)25/h2-8,13,16,19H,9-12,14-15H2,1H3,(H,26,27,28,29). The fraction of sp³-hybridized carbons (Fsp3) is 0.333. The molecule has 6 nitrogen and oxygen atoms in total. The van der Waals surface area contributed by atoms with E-state index < -0.39 is 0 Å². The van der Waals surface area contributed by atoms with Gasteiger partial charge in [0, 0.05) is 43.4 Å². The molecular weight excluding hydrogens is 393 g/mol. The Balaban J connectivity index is 1.34. The van der Waals surface area contributed by atoms with Crippen LogP contribution in [0.5, 0.6) is 0 Å². The molecule has 31 heavy (non-hydrogen) atoms. The summed E-state index contributed by atoms with van der Waals surface area (Å²) in [6.07, 6.45) is 4.12. The highest BCUT2D eigenvalue weighted by molar-refractivity contribution is 5.76. The summed E-state index contributed by atoms with van der Waals surface area (Å²) in [5, 5.41) is 3.23. The first-order valence-corrected chi connectivity index (χ1v) is 10.6. The monoisotopic (exact) mass is 419 g/mol. The molecule has 1 N–H and O–H groups in total. The van der Waals surface area contributed by atoms with Crippen molar-refractivity contribution in [3.8, 4) is 0 Å². The molecule has 7 heteroatoms. The quantitative estimate of drug-likeness (QED) is 0.641. The van der Waals surface area contributed by atoms with Crippen molar-refractivity contribution in [1.82, 2.24) is 19.9 Å². The lowest BCUT2D eigenvalue weighted by Crippen LogP contribution is -2.38. The molecule has 1 aliphatic heterocycles. The normalized spacial score (nSPS) is 14.5. The van der Waals surface area contributed by atoms with Crippen LogP contribution in [0.2, 0.25) is 0 Å². The molecule has 1 saturated heterocycles. The fourth-order valence-corrected chi connectivity index (χ4v) is 3.89. The van der Waals surface area contributed by atoms with Crippen LogP contribution in [0.15, 0.2) is 54.7 Å². The second-order valence-corrected chi connectivity index (χ2v) is 7.84. The lowest BCUT2D eigenvalue weighted by Gasteiger charge is -2.31. The van der Waals surface area contributed by atoms with Crippen molar-refractivity contribution in [3.05, 3.63) is 77.6 Å². The predicted molar refractivity (Wildman–Crippen MR) is 118 cm³/mol. The summed E-state index contributed by atoms with van der Waals surface area (Å²) in [6, 6.07) is 14.2. The Morgan fingerprint density at radius 2 is 1.87 bits per heavy atom. The topological polar surface area (TPSA) is 71.0 Å². The molecule has 0 spiro atoms. The van der Waals surface area contributed by atoms with Crippen LogP contribution in [0.1, 0.15) is 42.3 Å². The average molecular weight is 420 g/mol. The molecule has 0 unspecified atom stereocenters. The summed E-state index contributed by atoms with van der Waals surface area (Å²) >= 11 is 0. The number of piperidine rings is 1. The Morgan fingerprint density at radius 3 is 2.61 bits per heavy atom. The van der Waals surface area contributed by atoms with E-state index in [2.05, 4.69) is 15.3 Å². The van der Waals surface area contributed by atoms with Crippen LogP contribution >= 0.6 is 0 Å². The van der Waals surface area contributed by atoms with Crippen LogP contribution in [0, 0.1) is 12.7 Å². The van der Waals surface area contributed by atoms with E-state index >= 15 is 0 Å². The number of aromatic nitrogens is 3. The van der Waals surface area contributed by atoms with Crippen molar-refractivity contribution in [2.24, 2.45) is 0 Å². The SMILES string of the molecule is Cc1cc(Nc2ccccn2)nc(C2CCN(C(=O)CCc3ccccc3F)CC2)n1. The Morgan fingerprint density at radius 1 is 1.10 bits per heavy atom. The first kappa shape index (κ1) is 20.9. The zero-order valence-electron chi connectivity index (χ0n) is 17.6. The molecule has 0 saturated carbocycles. The van der Waals surface area contributed by atoms with Crippen LogP contribution in [0.3, 0.4) is 0 Å². The number of likely N-dealkylation sites (tertiary alicyclic amines) is 1. The number of nitrogens with zero attached hydrogens (tertiary/aromatic N) is 4. The van der Waals surface area contributed by atoms with Gasteiger partial charge in [0.25, 0.3) is 0 Å². The van der Waals surface area contributed by atoms with Gasteiger partial charge in [-0.3, -0.25) is 4.79 Å². The number of anilines is 2. The second-order valence-electron chi connectivity index (χ2n) is 7.84. The molecule has 1 fully saturated rings. The number of hydrogen-bond donors (Lipinski definition) is 1. The molecule has 1 aliphatic rings.